The molecule has 0 aliphatic heterocycles. The maximum absolute atomic E-state index is 6.31. The summed E-state index contributed by atoms with van der Waals surface area (Å²) in [6, 6.07) is 5.95. The van der Waals surface area contributed by atoms with Crippen LogP contribution in [0.2, 0.25) is 5.02 Å². The Morgan fingerprint density at radius 1 is 1.30 bits per heavy atom. The fraction of sp³-hybridized carbons (Fsp3) is 0.429. The average Bonchev–Trinajstić information content (AvgIpc) is 2.72. The molecular formula is C14H18ClN3OS. The molecule has 0 bridgehead atoms. The van der Waals surface area contributed by atoms with Crippen molar-refractivity contribution in [3.05, 3.63) is 34.7 Å². The van der Waals surface area contributed by atoms with Gasteiger partial charge in [0.05, 0.1) is 0 Å². The summed E-state index contributed by atoms with van der Waals surface area (Å²) in [4.78, 5) is 0.984. The van der Waals surface area contributed by atoms with Crippen molar-refractivity contribution in [2.45, 2.75) is 49.9 Å². The molecule has 2 aromatic rings. The van der Waals surface area contributed by atoms with Gasteiger partial charge >= 0.3 is 0 Å². The molecule has 0 unspecified atom stereocenters. The number of aromatic nitrogens is 2. The molecule has 0 atom stereocenters. The van der Waals surface area contributed by atoms with Crippen molar-refractivity contribution in [1.29, 1.82) is 0 Å². The molecule has 1 heterocycles. The summed E-state index contributed by atoms with van der Waals surface area (Å²) in [6.45, 7) is 8.90. The first kappa shape index (κ1) is 15.4. The number of nitrogens with one attached hydrogen (secondary N) is 1. The number of hydrogen-bond acceptors (Lipinski definition) is 5. The SMILES string of the molecule is Cc1nnc(Sc2ccc(CNC(C)(C)C)c(Cl)c2)o1. The minimum Gasteiger partial charge on any atom is -0.416 e. The summed E-state index contributed by atoms with van der Waals surface area (Å²) in [5.41, 5.74) is 1.14. The zero-order valence-corrected chi connectivity index (χ0v) is 13.6. The van der Waals surface area contributed by atoms with Crippen LogP contribution in [0, 0.1) is 6.92 Å². The van der Waals surface area contributed by atoms with Crippen LogP contribution in [0.15, 0.2) is 32.7 Å². The standard InChI is InChI=1S/C14H18ClN3OS/c1-9-17-18-13(19-9)20-11-6-5-10(12(15)7-11)8-16-14(2,3)4/h5-7,16H,8H2,1-4H3. The number of benzene rings is 1. The van der Waals surface area contributed by atoms with Crippen molar-refractivity contribution in [1.82, 2.24) is 15.5 Å². The first-order chi connectivity index (χ1) is 9.33. The van der Waals surface area contributed by atoms with Gasteiger partial charge in [-0.2, -0.15) is 0 Å². The highest BCUT2D eigenvalue weighted by Gasteiger charge is 2.11. The van der Waals surface area contributed by atoms with E-state index in [0.29, 0.717) is 11.1 Å². The number of halogens is 1. The molecule has 1 aromatic heterocycles. The first-order valence-corrected chi connectivity index (χ1v) is 7.54. The topological polar surface area (TPSA) is 51.0 Å². The van der Waals surface area contributed by atoms with Gasteiger partial charge in [-0.25, -0.2) is 0 Å². The maximum atomic E-state index is 6.31. The van der Waals surface area contributed by atoms with E-state index in [9.17, 15) is 0 Å². The van der Waals surface area contributed by atoms with Crippen molar-refractivity contribution in [3.63, 3.8) is 0 Å². The summed E-state index contributed by atoms with van der Waals surface area (Å²) in [7, 11) is 0. The lowest BCUT2D eigenvalue weighted by atomic mass is 10.1. The number of nitrogens with zero attached hydrogens (tertiary/aromatic N) is 2. The lowest BCUT2D eigenvalue weighted by molar-refractivity contribution is 0.424. The summed E-state index contributed by atoms with van der Waals surface area (Å²) in [6.07, 6.45) is 0. The Labute approximate surface area is 128 Å². The van der Waals surface area contributed by atoms with Gasteiger partial charge in [-0.1, -0.05) is 17.7 Å². The number of rotatable bonds is 4. The van der Waals surface area contributed by atoms with Crippen molar-refractivity contribution in [2.75, 3.05) is 0 Å². The van der Waals surface area contributed by atoms with Gasteiger partial charge in [-0.05, 0) is 50.2 Å². The highest BCUT2D eigenvalue weighted by molar-refractivity contribution is 7.99. The summed E-state index contributed by atoms with van der Waals surface area (Å²) in [5, 5.41) is 12.4. The molecule has 0 amide bonds. The molecule has 0 saturated carbocycles. The van der Waals surface area contributed by atoms with Crippen molar-refractivity contribution >= 4 is 23.4 Å². The second-order valence-electron chi connectivity index (χ2n) is 5.55. The predicted molar refractivity (Wildman–Crippen MR) is 81.2 cm³/mol. The van der Waals surface area contributed by atoms with Crippen molar-refractivity contribution in [2.24, 2.45) is 0 Å². The Morgan fingerprint density at radius 3 is 2.60 bits per heavy atom. The first-order valence-electron chi connectivity index (χ1n) is 6.35. The number of aryl methyl sites for hydroxylation is 1. The van der Waals surface area contributed by atoms with Crippen LogP contribution < -0.4 is 5.32 Å². The molecule has 20 heavy (non-hydrogen) atoms. The molecule has 6 heteroatoms. The molecule has 1 N–H and O–H groups in total. The van der Waals surface area contributed by atoms with Crippen LogP contribution in [0.25, 0.3) is 0 Å². The normalized spacial score (nSPS) is 11.8. The van der Waals surface area contributed by atoms with Crippen LogP contribution in [-0.4, -0.2) is 15.7 Å². The minimum atomic E-state index is 0.0675. The van der Waals surface area contributed by atoms with Crippen LogP contribution >= 0.6 is 23.4 Å². The predicted octanol–water partition coefficient (Wildman–Crippen LogP) is 4.07. The molecule has 0 saturated heterocycles. The third-order valence-corrected chi connectivity index (χ3v) is 3.73. The second-order valence-corrected chi connectivity index (χ2v) is 6.98. The van der Waals surface area contributed by atoms with E-state index in [1.807, 2.05) is 18.2 Å². The minimum absolute atomic E-state index is 0.0675. The Balaban J connectivity index is 2.05. The smallest absolute Gasteiger partial charge is 0.281 e. The Hall–Kier alpha value is -1.04. The molecule has 1 aromatic carbocycles. The van der Waals surface area contributed by atoms with E-state index in [2.05, 4.69) is 36.3 Å². The summed E-state index contributed by atoms with van der Waals surface area (Å²) < 4.78 is 5.34. The van der Waals surface area contributed by atoms with Crippen LogP contribution in [-0.2, 0) is 6.54 Å². The molecule has 4 nitrogen and oxygen atoms in total. The average molecular weight is 312 g/mol. The van der Waals surface area contributed by atoms with Gasteiger partial charge in [0.25, 0.3) is 5.22 Å². The van der Waals surface area contributed by atoms with E-state index in [4.69, 9.17) is 16.0 Å². The number of hydrogen-bond donors (Lipinski definition) is 1. The van der Waals surface area contributed by atoms with Crippen LogP contribution in [0.3, 0.4) is 0 Å². The quantitative estimate of drug-likeness (QED) is 0.922. The molecule has 2 rings (SSSR count). The van der Waals surface area contributed by atoms with Crippen LogP contribution in [0.4, 0.5) is 0 Å². The molecule has 108 valence electrons. The fourth-order valence-electron chi connectivity index (χ4n) is 1.52. The third-order valence-electron chi connectivity index (χ3n) is 2.55. The van der Waals surface area contributed by atoms with Crippen molar-refractivity contribution < 1.29 is 4.42 Å². The van der Waals surface area contributed by atoms with Crippen LogP contribution in [0.1, 0.15) is 32.2 Å². The Bertz CT molecular complexity index is 592. The van der Waals surface area contributed by atoms with Gasteiger partial charge in [-0.3, -0.25) is 0 Å². The molecule has 0 spiro atoms. The zero-order valence-electron chi connectivity index (χ0n) is 12.0. The Kier molecular flexibility index (Phi) is 4.73. The summed E-state index contributed by atoms with van der Waals surface area (Å²) >= 11 is 7.72. The molecule has 0 radical (unpaired) electrons. The monoisotopic (exact) mass is 311 g/mol. The third kappa shape index (κ3) is 4.51. The molecule has 0 aliphatic carbocycles. The van der Waals surface area contributed by atoms with E-state index < -0.39 is 0 Å². The van der Waals surface area contributed by atoms with Crippen molar-refractivity contribution in [3.8, 4) is 0 Å². The van der Waals surface area contributed by atoms with E-state index in [1.54, 1.807) is 6.92 Å². The summed E-state index contributed by atoms with van der Waals surface area (Å²) in [5.74, 6) is 0.560. The molecule has 0 aliphatic rings. The van der Waals surface area contributed by atoms with Gasteiger partial charge in [0.2, 0.25) is 5.89 Å². The van der Waals surface area contributed by atoms with E-state index in [1.165, 1.54) is 11.8 Å². The van der Waals surface area contributed by atoms with Gasteiger partial charge in [0.15, 0.2) is 0 Å². The highest BCUT2D eigenvalue weighted by atomic mass is 35.5. The Morgan fingerprint density at radius 2 is 2.05 bits per heavy atom. The largest absolute Gasteiger partial charge is 0.416 e. The lowest BCUT2D eigenvalue weighted by Gasteiger charge is -2.21. The fourth-order valence-corrected chi connectivity index (χ4v) is 2.59. The molecular weight excluding hydrogens is 294 g/mol. The van der Waals surface area contributed by atoms with E-state index in [-0.39, 0.29) is 5.54 Å². The highest BCUT2D eigenvalue weighted by Crippen LogP contribution is 2.30. The van der Waals surface area contributed by atoms with E-state index >= 15 is 0 Å². The van der Waals surface area contributed by atoms with Gasteiger partial charge < -0.3 is 9.73 Å². The van der Waals surface area contributed by atoms with Gasteiger partial charge in [-0.15, -0.1) is 10.2 Å². The van der Waals surface area contributed by atoms with Crippen LogP contribution in [0.5, 0.6) is 0 Å². The maximum Gasteiger partial charge on any atom is 0.281 e. The zero-order chi connectivity index (χ0) is 14.8. The lowest BCUT2D eigenvalue weighted by Crippen LogP contribution is -2.35. The van der Waals surface area contributed by atoms with Gasteiger partial charge in [0, 0.05) is 28.9 Å². The molecule has 0 fully saturated rings. The van der Waals surface area contributed by atoms with E-state index in [0.717, 1.165) is 22.0 Å². The second kappa shape index (κ2) is 6.16. The van der Waals surface area contributed by atoms with Gasteiger partial charge in [0.1, 0.15) is 0 Å².